The predicted octanol–water partition coefficient (Wildman–Crippen LogP) is 3.73. The van der Waals surface area contributed by atoms with Gasteiger partial charge in [0.15, 0.2) is 5.78 Å². The molecule has 0 bridgehead atoms. The summed E-state index contributed by atoms with van der Waals surface area (Å²) in [5.74, 6) is -0.330. The number of aryl methyl sites for hydroxylation is 1. The third-order valence-corrected chi connectivity index (χ3v) is 7.27. The minimum absolute atomic E-state index is 0.110. The molecule has 1 heterocycles. The molecule has 0 fully saturated rings. The van der Waals surface area contributed by atoms with Crippen molar-refractivity contribution in [1.82, 2.24) is 14.1 Å². The van der Waals surface area contributed by atoms with Crippen molar-refractivity contribution < 1.29 is 18.0 Å². The number of carbonyl (C=O) groups is 2. The molecular weight excluding hydrogens is 440 g/mol. The number of nitrogens with one attached hydrogen (secondary N) is 1. The third-order valence-electron chi connectivity index (χ3n) is 5.40. The van der Waals surface area contributed by atoms with Crippen LogP contribution in [0.2, 0.25) is 0 Å². The smallest absolute Gasteiger partial charge is 0.242 e. The molecule has 174 valence electrons. The van der Waals surface area contributed by atoms with Gasteiger partial charge < -0.3 is 5.32 Å². The lowest BCUT2D eigenvalue weighted by Gasteiger charge is -2.17. The molecule has 0 saturated carbocycles. The van der Waals surface area contributed by atoms with Crippen molar-refractivity contribution in [2.45, 2.75) is 38.5 Å². The van der Waals surface area contributed by atoms with Gasteiger partial charge in [-0.1, -0.05) is 30.3 Å². The Morgan fingerprint density at radius 3 is 2.27 bits per heavy atom. The number of nitrogens with zero attached hydrogens (tertiary/aromatic N) is 3. The van der Waals surface area contributed by atoms with Crippen LogP contribution in [0.25, 0.3) is 5.69 Å². The van der Waals surface area contributed by atoms with Gasteiger partial charge in [0.2, 0.25) is 15.9 Å². The summed E-state index contributed by atoms with van der Waals surface area (Å²) in [4.78, 5) is 24.0. The Kier molecular flexibility index (Phi) is 7.45. The summed E-state index contributed by atoms with van der Waals surface area (Å²) in [6.45, 7) is 5.34. The Labute approximate surface area is 194 Å². The highest BCUT2D eigenvalue weighted by Gasteiger charge is 2.21. The van der Waals surface area contributed by atoms with Crippen molar-refractivity contribution in [3.63, 3.8) is 0 Å². The topological polar surface area (TPSA) is 101 Å². The molecule has 0 aliphatic heterocycles. The number of amides is 1. The quantitative estimate of drug-likeness (QED) is 0.482. The Balaban J connectivity index is 1.58. The molecular formula is C24H28N4O4S. The summed E-state index contributed by atoms with van der Waals surface area (Å²) in [5, 5.41) is 7.43. The number of carbonyl (C=O) groups excluding carboxylic acids is 2. The number of aromatic nitrogens is 2. The lowest BCUT2D eigenvalue weighted by Crippen LogP contribution is -2.28. The highest BCUT2D eigenvalue weighted by atomic mass is 32.2. The highest BCUT2D eigenvalue weighted by Crippen LogP contribution is 2.23. The fourth-order valence-corrected chi connectivity index (χ4v) is 4.68. The number of hydrogen-bond donors (Lipinski definition) is 1. The van der Waals surface area contributed by atoms with Crippen LogP contribution in [0.5, 0.6) is 0 Å². The number of anilines is 1. The molecule has 3 rings (SSSR count). The molecule has 0 atom stereocenters. The fraction of sp³-hybridized carbons (Fsp3) is 0.292. The molecule has 0 spiro atoms. The van der Waals surface area contributed by atoms with Crippen LogP contribution in [-0.2, 0) is 14.8 Å². The SMILES string of the molecule is CC(=O)c1ccc(S(=O)(=O)N(C)CCCC(=O)Nc2c(C)nn(-c3ccccc3)c2C)cc1. The van der Waals surface area contributed by atoms with E-state index in [0.29, 0.717) is 23.4 Å². The maximum absolute atomic E-state index is 12.7. The van der Waals surface area contributed by atoms with Crippen molar-refractivity contribution in [3.05, 3.63) is 71.5 Å². The summed E-state index contributed by atoms with van der Waals surface area (Å²) in [6.07, 6.45) is 0.524. The van der Waals surface area contributed by atoms with E-state index in [1.54, 1.807) is 4.68 Å². The van der Waals surface area contributed by atoms with E-state index < -0.39 is 10.0 Å². The van der Waals surface area contributed by atoms with E-state index >= 15 is 0 Å². The highest BCUT2D eigenvalue weighted by molar-refractivity contribution is 7.89. The maximum atomic E-state index is 12.7. The predicted molar refractivity (Wildman–Crippen MR) is 127 cm³/mol. The van der Waals surface area contributed by atoms with Crippen molar-refractivity contribution in [3.8, 4) is 5.69 Å². The average molecular weight is 469 g/mol. The first-order valence-electron chi connectivity index (χ1n) is 10.6. The van der Waals surface area contributed by atoms with Crippen molar-refractivity contribution in [1.29, 1.82) is 0 Å². The van der Waals surface area contributed by atoms with E-state index in [9.17, 15) is 18.0 Å². The Hall–Kier alpha value is -3.30. The number of benzene rings is 2. The summed E-state index contributed by atoms with van der Waals surface area (Å²) >= 11 is 0. The second-order valence-electron chi connectivity index (χ2n) is 7.85. The largest absolute Gasteiger partial charge is 0.323 e. The third kappa shape index (κ3) is 5.55. The van der Waals surface area contributed by atoms with Crippen LogP contribution >= 0.6 is 0 Å². The molecule has 1 aromatic heterocycles. The Bertz CT molecular complexity index is 1250. The van der Waals surface area contributed by atoms with Gasteiger partial charge in [-0.15, -0.1) is 0 Å². The molecule has 33 heavy (non-hydrogen) atoms. The minimum atomic E-state index is -3.70. The van der Waals surface area contributed by atoms with Gasteiger partial charge >= 0.3 is 0 Å². The van der Waals surface area contributed by atoms with Gasteiger partial charge in [0.25, 0.3) is 0 Å². The molecule has 2 aromatic carbocycles. The van der Waals surface area contributed by atoms with Crippen LogP contribution in [0.4, 0.5) is 5.69 Å². The van der Waals surface area contributed by atoms with E-state index in [1.807, 2.05) is 44.2 Å². The van der Waals surface area contributed by atoms with Crippen LogP contribution in [0.1, 0.15) is 41.5 Å². The van der Waals surface area contributed by atoms with Crippen molar-refractivity contribution in [2.75, 3.05) is 18.9 Å². The zero-order valence-electron chi connectivity index (χ0n) is 19.2. The number of para-hydroxylation sites is 1. The monoisotopic (exact) mass is 468 g/mol. The molecule has 1 amide bonds. The van der Waals surface area contributed by atoms with Crippen LogP contribution < -0.4 is 5.32 Å². The fourth-order valence-electron chi connectivity index (χ4n) is 3.47. The van der Waals surface area contributed by atoms with Crippen molar-refractivity contribution >= 4 is 27.4 Å². The second-order valence-corrected chi connectivity index (χ2v) is 9.90. The molecule has 0 saturated heterocycles. The van der Waals surface area contributed by atoms with Gasteiger partial charge in [0.1, 0.15) is 0 Å². The Morgan fingerprint density at radius 2 is 1.67 bits per heavy atom. The molecule has 0 radical (unpaired) electrons. The van der Waals surface area contributed by atoms with Gasteiger partial charge in [0.05, 0.1) is 27.7 Å². The van der Waals surface area contributed by atoms with Crippen LogP contribution in [0.3, 0.4) is 0 Å². The second kappa shape index (κ2) is 10.1. The number of rotatable bonds is 9. The molecule has 9 heteroatoms. The number of Topliss-reactive ketones (excluding diaryl/α,β-unsaturated/α-hetero) is 1. The first kappa shape index (κ1) is 24.3. The van der Waals surface area contributed by atoms with E-state index in [4.69, 9.17) is 0 Å². The van der Waals surface area contributed by atoms with E-state index in [0.717, 1.165) is 11.4 Å². The van der Waals surface area contributed by atoms with Gasteiger partial charge in [-0.05, 0) is 51.5 Å². The standard InChI is InChI=1S/C24H28N4O4S/c1-17-24(18(2)28(26-17)21-9-6-5-7-10-21)25-23(30)11-8-16-27(4)33(31,32)22-14-12-20(13-15-22)19(3)29/h5-7,9-10,12-15H,8,11,16H2,1-4H3,(H,25,30). The van der Waals surface area contributed by atoms with Gasteiger partial charge in [0, 0.05) is 25.6 Å². The summed E-state index contributed by atoms with van der Waals surface area (Å²) in [5.41, 5.74) is 3.55. The lowest BCUT2D eigenvalue weighted by molar-refractivity contribution is -0.116. The number of hydrogen-bond acceptors (Lipinski definition) is 5. The van der Waals surface area contributed by atoms with E-state index in [2.05, 4.69) is 10.4 Å². The molecule has 0 unspecified atom stereocenters. The number of ketones is 1. The van der Waals surface area contributed by atoms with Crippen LogP contribution in [0.15, 0.2) is 59.5 Å². The first-order chi connectivity index (χ1) is 15.6. The van der Waals surface area contributed by atoms with E-state index in [1.165, 1.54) is 42.5 Å². The first-order valence-corrected chi connectivity index (χ1v) is 12.0. The lowest BCUT2D eigenvalue weighted by atomic mass is 10.2. The normalized spacial score (nSPS) is 11.5. The zero-order chi connectivity index (χ0) is 24.2. The van der Waals surface area contributed by atoms with Gasteiger partial charge in [-0.25, -0.2) is 17.4 Å². The average Bonchev–Trinajstić information content (AvgIpc) is 3.07. The summed E-state index contributed by atoms with van der Waals surface area (Å²) < 4.78 is 28.5. The minimum Gasteiger partial charge on any atom is -0.323 e. The van der Waals surface area contributed by atoms with Crippen molar-refractivity contribution in [2.24, 2.45) is 0 Å². The Morgan fingerprint density at radius 1 is 1.03 bits per heavy atom. The number of sulfonamides is 1. The maximum Gasteiger partial charge on any atom is 0.242 e. The molecule has 8 nitrogen and oxygen atoms in total. The van der Waals surface area contributed by atoms with Crippen LogP contribution in [0, 0.1) is 13.8 Å². The van der Waals surface area contributed by atoms with Crippen LogP contribution in [-0.4, -0.2) is 47.8 Å². The van der Waals surface area contributed by atoms with Gasteiger partial charge in [-0.3, -0.25) is 9.59 Å². The molecule has 0 aliphatic carbocycles. The van der Waals surface area contributed by atoms with Gasteiger partial charge in [-0.2, -0.15) is 5.10 Å². The zero-order valence-corrected chi connectivity index (χ0v) is 20.0. The van der Waals surface area contributed by atoms with E-state index in [-0.39, 0.29) is 29.6 Å². The molecule has 1 N–H and O–H groups in total. The molecule has 3 aromatic rings. The summed E-state index contributed by atoms with van der Waals surface area (Å²) in [7, 11) is -2.23. The summed E-state index contributed by atoms with van der Waals surface area (Å²) in [6, 6.07) is 15.5. The molecule has 0 aliphatic rings.